The molecule has 0 spiro atoms. The zero-order valence-corrected chi connectivity index (χ0v) is 17.8. The van der Waals surface area contributed by atoms with Gasteiger partial charge in [-0.05, 0) is 43.9 Å². The van der Waals surface area contributed by atoms with Crippen molar-refractivity contribution in [1.29, 1.82) is 0 Å². The van der Waals surface area contributed by atoms with Crippen LogP contribution in [0.1, 0.15) is 20.8 Å². The number of anilines is 1. The van der Waals surface area contributed by atoms with Gasteiger partial charge in [0.2, 0.25) is 10.0 Å². The van der Waals surface area contributed by atoms with Gasteiger partial charge in [0, 0.05) is 6.07 Å². The predicted octanol–water partition coefficient (Wildman–Crippen LogP) is 1.13. The van der Waals surface area contributed by atoms with Crippen LogP contribution in [-0.2, 0) is 20.1 Å². The molecule has 158 valence electrons. The van der Waals surface area contributed by atoms with Gasteiger partial charge in [0.25, 0.3) is 15.7 Å². The standard InChI is InChI=1S/C10H11N3O6S2.C6H15N/c1-20(15,16)12-9-6-10(14)13(11-9)7-2-4-8(5-3-7)21(17,18)19;1-4-7(5-2)6-3/h2-6,11-12H,1H3,(H,17,18,19);4-6H2,1-3H3. The van der Waals surface area contributed by atoms with E-state index in [4.69, 9.17) is 4.55 Å². The molecule has 12 heteroatoms. The van der Waals surface area contributed by atoms with E-state index in [2.05, 4.69) is 35.5 Å². The first kappa shape index (κ1) is 23.9. The predicted molar refractivity (Wildman–Crippen MR) is 108 cm³/mol. The van der Waals surface area contributed by atoms with E-state index in [1.807, 2.05) is 0 Å². The summed E-state index contributed by atoms with van der Waals surface area (Å²) in [5.41, 5.74) is -0.269. The van der Waals surface area contributed by atoms with Crippen molar-refractivity contribution >= 4 is 26.0 Å². The minimum Gasteiger partial charge on any atom is -0.304 e. The van der Waals surface area contributed by atoms with Gasteiger partial charge in [0.1, 0.15) is 5.82 Å². The maximum atomic E-state index is 11.7. The van der Waals surface area contributed by atoms with Gasteiger partial charge in [-0.2, -0.15) is 8.42 Å². The molecule has 0 aliphatic rings. The highest BCUT2D eigenvalue weighted by atomic mass is 32.2. The topological polar surface area (TPSA) is 142 Å². The Hall–Kier alpha value is -2.15. The summed E-state index contributed by atoms with van der Waals surface area (Å²) >= 11 is 0. The monoisotopic (exact) mass is 434 g/mol. The lowest BCUT2D eigenvalue weighted by Crippen LogP contribution is -2.21. The number of aromatic nitrogens is 2. The van der Waals surface area contributed by atoms with E-state index >= 15 is 0 Å². The largest absolute Gasteiger partial charge is 0.304 e. The molecule has 0 aliphatic carbocycles. The molecule has 28 heavy (non-hydrogen) atoms. The zero-order valence-electron chi connectivity index (χ0n) is 16.2. The minimum atomic E-state index is -4.32. The van der Waals surface area contributed by atoms with Crippen molar-refractivity contribution in [2.45, 2.75) is 25.7 Å². The first-order chi connectivity index (χ1) is 12.9. The summed E-state index contributed by atoms with van der Waals surface area (Å²) in [6, 6.07) is 5.83. The highest BCUT2D eigenvalue weighted by Gasteiger charge is 2.11. The van der Waals surface area contributed by atoms with Crippen LogP contribution in [0.15, 0.2) is 40.0 Å². The van der Waals surface area contributed by atoms with Gasteiger partial charge < -0.3 is 4.90 Å². The molecule has 0 amide bonds. The Bertz CT molecular complexity index is 1010. The summed E-state index contributed by atoms with van der Waals surface area (Å²) in [4.78, 5) is 13.8. The van der Waals surface area contributed by atoms with Gasteiger partial charge in [0.05, 0.1) is 16.8 Å². The second-order valence-corrected chi connectivity index (χ2v) is 8.98. The molecular formula is C16H26N4O6S2. The molecule has 1 aromatic heterocycles. The Balaban J connectivity index is 0.000000480. The van der Waals surface area contributed by atoms with Crippen LogP contribution in [0.2, 0.25) is 0 Å². The quantitative estimate of drug-likeness (QED) is 0.555. The minimum absolute atomic E-state index is 0.0265. The molecular weight excluding hydrogens is 408 g/mol. The second-order valence-electron chi connectivity index (χ2n) is 5.81. The molecule has 10 nitrogen and oxygen atoms in total. The molecule has 0 saturated heterocycles. The number of rotatable bonds is 7. The molecule has 2 aromatic rings. The number of hydrogen-bond donors (Lipinski definition) is 3. The highest BCUT2D eigenvalue weighted by Crippen LogP contribution is 2.13. The maximum absolute atomic E-state index is 11.7. The maximum Gasteiger partial charge on any atom is 0.294 e. The summed E-state index contributed by atoms with van der Waals surface area (Å²) in [5, 5.41) is 2.51. The molecule has 1 heterocycles. The van der Waals surface area contributed by atoms with Crippen LogP contribution >= 0.6 is 0 Å². The molecule has 2 rings (SSSR count). The molecule has 0 bridgehead atoms. The van der Waals surface area contributed by atoms with E-state index in [9.17, 15) is 21.6 Å². The molecule has 0 fully saturated rings. The van der Waals surface area contributed by atoms with E-state index in [1.54, 1.807) is 0 Å². The Morgan fingerprint density at radius 2 is 1.54 bits per heavy atom. The number of aromatic amines is 1. The van der Waals surface area contributed by atoms with Gasteiger partial charge >= 0.3 is 0 Å². The van der Waals surface area contributed by atoms with Gasteiger partial charge in [-0.3, -0.25) is 19.2 Å². The summed E-state index contributed by atoms with van der Waals surface area (Å²) in [7, 11) is -7.85. The van der Waals surface area contributed by atoms with E-state index in [1.165, 1.54) is 31.8 Å². The van der Waals surface area contributed by atoms with Crippen LogP contribution in [0.5, 0.6) is 0 Å². The van der Waals surface area contributed by atoms with Crippen molar-refractivity contribution in [3.8, 4) is 5.69 Å². The van der Waals surface area contributed by atoms with Crippen LogP contribution in [-0.4, -0.2) is 62.0 Å². The summed E-state index contributed by atoms with van der Waals surface area (Å²) in [6.45, 7) is 10.1. The van der Waals surface area contributed by atoms with Gasteiger partial charge in [-0.1, -0.05) is 20.8 Å². The fourth-order valence-corrected chi connectivity index (χ4v) is 3.26. The second kappa shape index (κ2) is 9.87. The van der Waals surface area contributed by atoms with Crippen LogP contribution in [0, 0.1) is 0 Å². The fourth-order valence-electron chi connectivity index (χ4n) is 2.28. The lowest BCUT2D eigenvalue weighted by molar-refractivity contribution is 0.321. The van der Waals surface area contributed by atoms with Crippen molar-refractivity contribution < 1.29 is 21.4 Å². The first-order valence-corrected chi connectivity index (χ1v) is 11.8. The van der Waals surface area contributed by atoms with Gasteiger partial charge in [-0.25, -0.2) is 13.1 Å². The number of hydrogen-bond acceptors (Lipinski definition) is 6. The Labute approximate surface area is 165 Å². The van der Waals surface area contributed by atoms with Crippen molar-refractivity contribution in [3.63, 3.8) is 0 Å². The summed E-state index contributed by atoms with van der Waals surface area (Å²) < 4.78 is 56.0. The number of sulfonamides is 1. The lowest BCUT2D eigenvalue weighted by Gasteiger charge is -2.13. The third-order valence-corrected chi connectivity index (χ3v) is 5.21. The normalized spacial score (nSPS) is 11.8. The van der Waals surface area contributed by atoms with Crippen molar-refractivity contribution in [3.05, 3.63) is 40.7 Å². The smallest absolute Gasteiger partial charge is 0.294 e. The molecule has 3 N–H and O–H groups in total. The molecule has 0 atom stereocenters. The Morgan fingerprint density at radius 1 is 1.04 bits per heavy atom. The van der Waals surface area contributed by atoms with E-state index < -0.39 is 25.7 Å². The molecule has 0 radical (unpaired) electrons. The fraction of sp³-hybridized carbons (Fsp3) is 0.438. The van der Waals surface area contributed by atoms with Crippen molar-refractivity contribution in [2.24, 2.45) is 0 Å². The van der Waals surface area contributed by atoms with Crippen molar-refractivity contribution in [2.75, 3.05) is 30.6 Å². The van der Waals surface area contributed by atoms with Gasteiger partial charge in [-0.15, -0.1) is 0 Å². The summed E-state index contributed by atoms with van der Waals surface area (Å²) in [5.74, 6) is -0.0265. The van der Waals surface area contributed by atoms with Crippen LogP contribution in [0.25, 0.3) is 5.69 Å². The third kappa shape index (κ3) is 7.46. The van der Waals surface area contributed by atoms with E-state index in [0.717, 1.165) is 29.1 Å². The average molecular weight is 435 g/mol. The van der Waals surface area contributed by atoms with Crippen LogP contribution in [0.3, 0.4) is 0 Å². The highest BCUT2D eigenvalue weighted by molar-refractivity contribution is 7.92. The number of H-pyrrole nitrogens is 1. The number of nitrogens with one attached hydrogen (secondary N) is 2. The molecule has 0 unspecified atom stereocenters. The first-order valence-electron chi connectivity index (χ1n) is 8.51. The average Bonchev–Trinajstić information content (AvgIpc) is 2.94. The third-order valence-electron chi connectivity index (χ3n) is 3.75. The SMILES string of the molecule is CCN(CC)CC.CS(=O)(=O)Nc1cc(=O)n(-c2ccc(S(=O)(=O)O)cc2)[nH]1. The van der Waals surface area contributed by atoms with E-state index in [0.29, 0.717) is 0 Å². The molecule has 0 saturated carbocycles. The number of nitrogens with zero attached hydrogens (tertiary/aromatic N) is 2. The molecule has 1 aromatic carbocycles. The summed E-state index contributed by atoms with van der Waals surface area (Å²) in [6.07, 6.45) is 0.934. The van der Waals surface area contributed by atoms with Crippen LogP contribution < -0.4 is 10.3 Å². The van der Waals surface area contributed by atoms with E-state index in [-0.39, 0.29) is 16.4 Å². The zero-order chi connectivity index (χ0) is 21.5. The molecule has 0 aliphatic heterocycles. The lowest BCUT2D eigenvalue weighted by atomic mass is 10.3. The van der Waals surface area contributed by atoms with Crippen molar-refractivity contribution in [1.82, 2.24) is 14.7 Å². The Morgan fingerprint density at radius 3 is 1.89 bits per heavy atom. The Kier molecular flexibility index (Phi) is 8.42. The van der Waals surface area contributed by atoms with Crippen LogP contribution in [0.4, 0.5) is 5.82 Å². The van der Waals surface area contributed by atoms with Gasteiger partial charge in [0.15, 0.2) is 0 Å². The number of benzene rings is 1.